The van der Waals surface area contributed by atoms with Crippen molar-refractivity contribution < 1.29 is 31.3 Å². The number of aliphatic hydroxyl groups excluding tert-OH is 1. The summed E-state index contributed by atoms with van der Waals surface area (Å²) >= 11 is 0. The maximum Gasteiger partial charge on any atom is 0.131 e. The third-order valence-corrected chi connectivity index (χ3v) is 9.80. The van der Waals surface area contributed by atoms with Gasteiger partial charge in [-0.05, 0) is 48.6 Å². The topological polar surface area (TPSA) is 42.4 Å². The minimum atomic E-state index is -0.488. The van der Waals surface area contributed by atoms with E-state index in [0.29, 0.717) is 11.8 Å². The number of piperidine rings is 3. The summed E-state index contributed by atoms with van der Waals surface area (Å²) < 4.78 is 6.56. The zero-order valence-electron chi connectivity index (χ0n) is 24.6. The van der Waals surface area contributed by atoms with Gasteiger partial charge in [0.25, 0.3) is 0 Å². The van der Waals surface area contributed by atoms with Crippen LogP contribution >= 0.6 is 0 Å². The molecule has 2 bridgehead atoms. The van der Waals surface area contributed by atoms with E-state index < -0.39 is 6.10 Å². The van der Waals surface area contributed by atoms with E-state index in [1.807, 2.05) is 30.5 Å². The number of nitrogens with zero attached hydrogens (tertiary/aromatic N) is 2. The van der Waals surface area contributed by atoms with E-state index in [0.717, 1.165) is 39.7 Å². The van der Waals surface area contributed by atoms with Gasteiger partial charge in [-0.2, -0.15) is 0 Å². The number of aromatic nitrogens is 1. The molecular weight excluding hydrogens is 548 g/mol. The fraction of sp³-hybridized carbons (Fsp3) is 0.676. The number of hydrogen-bond donors (Lipinski definition) is 1. The van der Waals surface area contributed by atoms with Crippen LogP contribution < -0.4 is 21.7 Å². The van der Waals surface area contributed by atoms with E-state index in [1.54, 1.807) is 7.11 Å². The molecule has 5 heteroatoms. The molecule has 0 amide bonds. The van der Waals surface area contributed by atoms with E-state index >= 15 is 0 Å². The summed E-state index contributed by atoms with van der Waals surface area (Å²) in [6, 6.07) is 8.27. The van der Waals surface area contributed by atoms with E-state index in [-0.39, 0.29) is 23.0 Å². The predicted octanol–water partition coefficient (Wildman–Crippen LogP) is 5.39. The van der Waals surface area contributed by atoms with Crippen LogP contribution in [0.2, 0.25) is 0 Å². The average Bonchev–Trinajstić information content (AvgIpc) is 2.96. The van der Waals surface area contributed by atoms with Gasteiger partial charge in [0.05, 0.1) is 32.3 Å². The largest absolute Gasteiger partial charge is 1.00 e. The van der Waals surface area contributed by atoms with Gasteiger partial charge in [0.2, 0.25) is 0 Å². The van der Waals surface area contributed by atoms with Gasteiger partial charge in [-0.1, -0.05) is 77.2 Å². The van der Waals surface area contributed by atoms with Gasteiger partial charge in [-0.25, -0.2) is 0 Å². The van der Waals surface area contributed by atoms with Crippen molar-refractivity contribution in [2.24, 2.45) is 11.8 Å². The molecule has 3 aliphatic heterocycles. The lowest BCUT2D eigenvalue weighted by Crippen LogP contribution is -3.00. The number of quaternary nitrogens is 1. The molecule has 1 aromatic carbocycles. The summed E-state index contributed by atoms with van der Waals surface area (Å²) in [6.45, 7) is 10.0. The third kappa shape index (κ3) is 8.07. The lowest BCUT2D eigenvalue weighted by atomic mass is 9.71. The van der Waals surface area contributed by atoms with Crippen LogP contribution in [0.4, 0.5) is 0 Å². The van der Waals surface area contributed by atoms with Crippen molar-refractivity contribution in [3.8, 4) is 5.75 Å². The van der Waals surface area contributed by atoms with Gasteiger partial charge >= 0.3 is 0 Å². The van der Waals surface area contributed by atoms with Crippen LogP contribution in [0.3, 0.4) is 0 Å². The Morgan fingerprint density at radius 1 is 1.03 bits per heavy atom. The molecule has 0 spiro atoms. The summed E-state index contributed by atoms with van der Waals surface area (Å²) in [5.41, 5.74) is 1.93. The molecule has 3 aliphatic rings. The van der Waals surface area contributed by atoms with Crippen LogP contribution in [-0.2, 0) is 0 Å². The molecule has 1 N–H and O–H groups in total. The number of fused-ring (bicyclic) bond motifs is 4. The summed E-state index contributed by atoms with van der Waals surface area (Å²) in [6.07, 6.45) is 22.5. The van der Waals surface area contributed by atoms with Gasteiger partial charge in [0.1, 0.15) is 17.9 Å². The van der Waals surface area contributed by atoms with Crippen molar-refractivity contribution in [3.63, 3.8) is 0 Å². The molecule has 5 atom stereocenters. The van der Waals surface area contributed by atoms with Crippen molar-refractivity contribution in [2.75, 3.05) is 26.7 Å². The van der Waals surface area contributed by atoms with E-state index in [2.05, 4.69) is 24.6 Å². The normalized spacial score (nSPS) is 24.8. The summed E-state index contributed by atoms with van der Waals surface area (Å²) in [4.78, 5) is 4.56. The summed E-state index contributed by atoms with van der Waals surface area (Å²) in [5.74, 6) is 2.05. The smallest absolute Gasteiger partial charge is 0.131 e. The maximum atomic E-state index is 11.9. The number of unbranched alkanes of at least 4 members (excludes halogenated alkanes) is 11. The molecule has 4 heterocycles. The number of benzene rings is 1. The molecule has 0 aliphatic carbocycles. The highest BCUT2D eigenvalue weighted by Crippen LogP contribution is 2.47. The zero-order chi connectivity index (χ0) is 26.8. The number of methoxy groups -OCH3 is 1. The van der Waals surface area contributed by atoms with Gasteiger partial charge in [-0.3, -0.25) is 4.98 Å². The van der Waals surface area contributed by atoms with Crippen molar-refractivity contribution in [3.05, 3.63) is 48.7 Å². The van der Waals surface area contributed by atoms with E-state index in [1.165, 1.54) is 96.6 Å². The quantitative estimate of drug-likeness (QED) is 0.150. The molecule has 2 aromatic rings. The van der Waals surface area contributed by atoms with Crippen LogP contribution in [0.15, 0.2) is 43.1 Å². The molecule has 1 aromatic heterocycles. The molecular formula is C34H53BrN2O2. The van der Waals surface area contributed by atoms with Crippen LogP contribution in [0.25, 0.3) is 10.9 Å². The number of pyridine rings is 1. The van der Waals surface area contributed by atoms with Crippen LogP contribution in [0.1, 0.15) is 108 Å². The lowest BCUT2D eigenvalue weighted by Gasteiger charge is -2.58. The maximum absolute atomic E-state index is 11.9. The average molecular weight is 602 g/mol. The van der Waals surface area contributed by atoms with Crippen molar-refractivity contribution in [2.45, 2.75) is 109 Å². The fourth-order valence-electron chi connectivity index (χ4n) is 7.50. The van der Waals surface area contributed by atoms with Crippen LogP contribution in [-0.4, -0.2) is 47.4 Å². The van der Waals surface area contributed by atoms with Crippen molar-refractivity contribution in [1.29, 1.82) is 0 Å². The Bertz CT molecular complexity index is 1010. The number of hydrogen-bond acceptors (Lipinski definition) is 3. The summed E-state index contributed by atoms with van der Waals surface area (Å²) in [5, 5.41) is 13.0. The highest BCUT2D eigenvalue weighted by atomic mass is 79.9. The van der Waals surface area contributed by atoms with Crippen molar-refractivity contribution >= 4 is 10.9 Å². The van der Waals surface area contributed by atoms with Gasteiger partial charge in [-0.15, -0.1) is 6.58 Å². The summed E-state index contributed by atoms with van der Waals surface area (Å²) in [7, 11) is 1.70. The van der Waals surface area contributed by atoms with E-state index in [9.17, 15) is 5.11 Å². The first-order valence-electron chi connectivity index (χ1n) is 15.7. The van der Waals surface area contributed by atoms with Crippen LogP contribution in [0, 0.1) is 11.8 Å². The third-order valence-electron chi connectivity index (χ3n) is 9.80. The Morgan fingerprint density at radius 2 is 1.69 bits per heavy atom. The van der Waals surface area contributed by atoms with Gasteiger partial charge in [0.15, 0.2) is 0 Å². The molecule has 0 radical (unpaired) electrons. The number of aliphatic hydroxyl groups is 1. The first kappa shape index (κ1) is 32.1. The molecule has 3 unspecified atom stereocenters. The highest BCUT2D eigenvalue weighted by Gasteiger charge is 2.53. The molecule has 0 saturated carbocycles. The number of halogens is 1. The Morgan fingerprint density at radius 3 is 2.33 bits per heavy atom. The monoisotopic (exact) mass is 600 g/mol. The molecule has 3 saturated heterocycles. The zero-order valence-corrected chi connectivity index (χ0v) is 26.2. The highest BCUT2D eigenvalue weighted by molar-refractivity contribution is 5.83. The SMILES string of the molecule is C=CC1C[N+]2(CCCCCCCCCCCCCC)CCC1C[C@H]2[C@@H](O)c1ccnc2ccc(OC)cc12.[Br-]. The van der Waals surface area contributed by atoms with Crippen molar-refractivity contribution in [1.82, 2.24) is 4.98 Å². The number of rotatable bonds is 17. The number of ether oxygens (including phenoxy) is 1. The molecule has 3 fully saturated rings. The van der Waals surface area contributed by atoms with Gasteiger partial charge < -0.3 is 31.3 Å². The Hall–Kier alpha value is -1.43. The second kappa shape index (κ2) is 16.1. The standard InChI is InChI=1S/C34H53N2O2.BrH/c1-4-6-7-8-9-10-11-12-13-14-15-16-22-36-23-20-28(27(5-2)26-36)24-33(36)34(37)30-19-21-35-32-18-17-29(38-3)25-31(30)32;/h5,17-19,21,25,27-28,33-34,37H,2,4,6-16,20,22-24,26H2,1,3H3;1H/q+1;/p-1/t27?,28?,33-,34-,36?;/m0./s1. The first-order chi connectivity index (χ1) is 18.6. The minimum absolute atomic E-state index is 0. The molecule has 39 heavy (non-hydrogen) atoms. The first-order valence-corrected chi connectivity index (χ1v) is 15.7. The fourth-order valence-corrected chi connectivity index (χ4v) is 7.50. The second-order valence-electron chi connectivity index (χ2n) is 12.2. The molecule has 4 nitrogen and oxygen atoms in total. The van der Waals surface area contributed by atoms with Gasteiger partial charge in [0, 0.05) is 30.3 Å². The minimum Gasteiger partial charge on any atom is -1.00 e. The van der Waals surface area contributed by atoms with E-state index in [4.69, 9.17) is 4.74 Å². The molecule has 5 rings (SSSR count). The van der Waals surface area contributed by atoms with Crippen LogP contribution in [0.5, 0.6) is 5.75 Å². The lowest BCUT2D eigenvalue weighted by molar-refractivity contribution is -0.973. The predicted molar refractivity (Wildman–Crippen MR) is 159 cm³/mol. The molecule has 218 valence electrons. The second-order valence-corrected chi connectivity index (χ2v) is 12.2. The Kier molecular flexibility index (Phi) is 13.3. The Labute approximate surface area is 248 Å². The Balaban J connectivity index is 0.00000420.